The van der Waals surface area contributed by atoms with Crippen LogP contribution in [0, 0.1) is 0 Å². The fourth-order valence-electron chi connectivity index (χ4n) is 4.98. The molecule has 0 saturated heterocycles. The quantitative estimate of drug-likeness (QED) is 0.0839. The molecule has 10 heteroatoms. The second-order valence-corrected chi connectivity index (χ2v) is 12.4. The van der Waals surface area contributed by atoms with Gasteiger partial charge in [0.2, 0.25) is 5.13 Å². The summed E-state index contributed by atoms with van der Waals surface area (Å²) in [5, 5.41) is 20.0. The first kappa shape index (κ1) is 30.8. The first-order chi connectivity index (χ1) is 22.5. The Labute approximate surface area is 274 Å². The van der Waals surface area contributed by atoms with Gasteiger partial charge in [0.05, 0.1) is 18.7 Å². The van der Waals surface area contributed by atoms with E-state index in [1.165, 1.54) is 41.2 Å². The van der Waals surface area contributed by atoms with Gasteiger partial charge in [0, 0.05) is 5.75 Å². The molecule has 8 nitrogen and oxygen atoms in total. The van der Waals surface area contributed by atoms with Crippen LogP contribution in [0.2, 0.25) is 0 Å². The number of hydrogen-bond donors (Lipinski definition) is 1. The number of ketones is 1. The van der Waals surface area contributed by atoms with Gasteiger partial charge in [-0.2, -0.15) is 0 Å². The van der Waals surface area contributed by atoms with Gasteiger partial charge in [0.15, 0.2) is 27.4 Å². The lowest BCUT2D eigenvalue weighted by Gasteiger charge is -2.24. The third-order valence-corrected chi connectivity index (χ3v) is 9.37. The summed E-state index contributed by atoms with van der Waals surface area (Å²) in [5.74, 6) is -0.299. The Bertz CT molecular complexity index is 1890. The van der Waals surface area contributed by atoms with Gasteiger partial charge in [0.25, 0.3) is 5.91 Å². The molecule has 1 aliphatic heterocycles. The van der Waals surface area contributed by atoms with Crippen molar-refractivity contribution >= 4 is 46.0 Å². The molecule has 46 heavy (non-hydrogen) atoms. The summed E-state index contributed by atoms with van der Waals surface area (Å²) in [7, 11) is 1.52. The highest BCUT2D eigenvalue weighted by molar-refractivity contribution is 8.00. The normalized spacial score (nSPS) is 14.7. The highest BCUT2D eigenvalue weighted by Crippen LogP contribution is 2.45. The zero-order valence-corrected chi connectivity index (χ0v) is 26.4. The van der Waals surface area contributed by atoms with E-state index in [2.05, 4.69) is 10.2 Å². The van der Waals surface area contributed by atoms with E-state index in [1.807, 2.05) is 91.0 Å². The van der Waals surface area contributed by atoms with E-state index in [-0.39, 0.29) is 10.7 Å². The summed E-state index contributed by atoms with van der Waals surface area (Å²) in [4.78, 5) is 28.7. The topological polar surface area (TPSA) is 102 Å². The molecule has 1 amide bonds. The number of ether oxygens (including phenoxy) is 2. The number of carbonyl (C=O) groups excluding carboxylic acids is 2. The molecule has 4 aromatic carbocycles. The van der Waals surface area contributed by atoms with Crippen molar-refractivity contribution in [2.75, 3.05) is 12.0 Å². The first-order valence-corrected chi connectivity index (χ1v) is 16.2. The van der Waals surface area contributed by atoms with E-state index in [1.54, 1.807) is 24.3 Å². The molecular formula is C36H29N3O5S2. The Balaban J connectivity index is 1.33. The smallest absolute Gasteiger partial charge is 0.296 e. The average Bonchev–Trinajstić information content (AvgIpc) is 3.68. The van der Waals surface area contributed by atoms with E-state index < -0.39 is 23.5 Å². The van der Waals surface area contributed by atoms with Gasteiger partial charge in [-0.25, -0.2) is 0 Å². The number of aliphatic hydroxyl groups excluding tert-OH is 1. The number of methoxy groups -OCH3 is 1. The van der Waals surface area contributed by atoms with Gasteiger partial charge in [-0.1, -0.05) is 126 Å². The minimum Gasteiger partial charge on any atom is -0.503 e. The number of anilines is 1. The maximum atomic E-state index is 13.7. The number of hydrogen-bond acceptors (Lipinski definition) is 9. The molecule has 5 aromatic rings. The van der Waals surface area contributed by atoms with Crippen LogP contribution >= 0.6 is 23.1 Å². The molecule has 6 rings (SSSR count). The molecule has 0 radical (unpaired) electrons. The van der Waals surface area contributed by atoms with Crippen LogP contribution in [0.5, 0.6) is 11.5 Å². The molecule has 230 valence electrons. The van der Waals surface area contributed by atoms with Crippen LogP contribution in [0.25, 0.3) is 6.08 Å². The molecule has 0 spiro atoms. The van der Waals surface area contributed by atoms with Crippen LogP contribution in [0.15, 0.2) is 131 Å². The Morgan fingerprint density at radius 2 is 1.59 bits per heavy atom. The molecule has 1 atom stereocenters. The van der Waals surface area contributed by atoms with E-state index in [0.717, 1.165) is 16.7 Å². The number of benzene rings is 4. The number of amides is 1. The van der Waals surface area contributed by atoms with E-state index >= 15 is 0 Å². The summed E-state index contributed by atoms with van der Waals surface area (Å²) in [5.41, 5.74) is 3.39. The van der Waals surface area contributed by atoms with Crippen LogP contribution < -0.4 is 14.4 Å². The molecule has 0 fully saturated rings. The van der Waals surface area contributed by atoms with Crippen LogP contribution in [-0.4, -0.2) is 34.1 Å². The van der Waals surface area contributed by atoms with Crippen LogP contribution in [0.3, 0.4) is 0 Å². The number of thioether (sulfide) groups is 1. The maximum Gasteiger partial charge on any atom is 0.296 e. The molecule has 0 bridgehead atoms. The van der Waals surface area contributed by atoms with Crippen molar-refractivity contribution in [2.45, 2.75) is 22.7 Å². The second kappa shape index (κ2) is 14.3. The molecule has 2 heterocycles. The monoisotopic (exact) mass is 647 g/mol. The summed E-state index contributed by atoms with van der Waals surface area (Å²) >= 11 is 2.71. The molecule has 1 aliphatic rings. The minimum atomic E-state index is -0.988. The summed E-state index contributed by atoms with van der Waals surface area (Å²) < 4.78 is 12.4. The number of rotatable bonds is 12. The second-order valence-electron chi connectivity index (χ2n) is 10.3. The molecule has 0 saturated carbocycles. The Hall–Kier alpha value is -5.19. The van der Waals surface area contributed by atoms with Gasteiger partial charge in [0.1, 0.15) is 6.61 Å². The third kappa shape index (κ3) is 6.88. The minimum absolute atomic E-state index is 0.0640. The van der Waals surface area contributed by atoms with Crippen molar-refractivity contribution in [1.82, 2.24) is 10.2 Å². The van der Waals surface area contributed by atoms with Gasteiger partial charge >= 0.3 is 0 Å². The zero-order valence-electron chi connectivity index (χ0n) is 24.8. The lowest BCUT2D eigenvalue weighted by atomic mass is 9.95. The van der Waals surface area contributed by atoms with Crippen molar-refractivity contribution in [2.24, 2.45) is 0 Å². The van der Waals surface area contributed by atoms with Crippen LogP contribution in [0.4, 0.5) is 5.13 Å². The van der Waals surface area contributed by atoms with Crippen molar-refractivity contribution in [3.8, 4) is 11.5 Å². The van der Waals surface area contributed by atoms with Gasteiger partial charge in [-0.15, -0.1) is 10.2 Å². The maximum absolute atomic E-state index is 13.7. The Morgan fingerprint density at radius 3 is 2.28 bits per heavy atom. The predicted molar refractivity (Wildman–Crippen MR) is 180 cm³/mol. The van der Waals surface area contributed by atoms with Gasteiger partial charge in [-0.3, -0.25) is 14.5 Å². The van der Waals surface area contributed by atoms with E-state index in [9.17, 15) is 14.7 Å². The average molecular weight is 648 g/mol. The van der Waals surface area contributed by atoms with Crippen molar-refractivity contribution < 1.29 is 24.2 Å². The van der Waals surface area contributed by atoms with Gasteiger partial charge in [-0.05, 0) is 40.5 Å². The fraction of sp³-hybridized carbons (Fsp3) is 0.111. The summed E-state index contributed by atoms with van der Waals surface area (Å²) in [6.45, 7) is 0.327. The summed E-state index contributed by atoms with van der Waals surface area (Å²) in [6, 6.07) is 33.2. The van der Waals surface area contributed by atoms with Gasteiger partial charge < -0.3 is 14.6 Å². The highest BCUT2D eigenvalue weighted by Gasteiger charge is 2.45. The number of nitrogens with zero attached hydrogens (tertiary/aromatic N) is 3. The lowest BCUT2D eigenvalue weighted by molar-refractivity contribution is -0.117. The predicted octanol–water partition coefficient (Wildman–Crippen LogP) is 7.60. The molecule has 1 aromatic heterocycles. The van der Waals surface area contributed by atoms with Crippen molar-refractivity contribution in [1.29, 1.82) is 0 Å². The third-order valence-electron chi connectivity index (χ3n) is 7.25. The largest absolute Gasteiger partial charge is 0.503 e. The van der Waals surface area contributed by atoms with Crippen molar-refractivity contribution in [3.63, 3.8) is 0 Å². The standard InChI is InChI=1S/C36H29N3O5S2/c1-43-30-21-27(18-20-29(30)44-22-25-13-7-3-8-14-25)32-31(28(40)19-17-24-11-5-2-6-12-24)33(41)34(42)39(32)35-37-38-36(46-35)45-23-26-15-9-4-10-16-26/h2-21,32,41H,22-23H2,1H3. The van der Waals surface area contributed by atoms with E-state index in [0.29, 0.717) is 33.8 Å². The SMILES string of the molecule is COc1cc(C2C(C(=O)C=Cc3ccccc3)=C(O)C(=O)N2c2nnc(SCc3ccccc3)s2)ccc1OCc1ccccc1. The summed E-state index contributed by atoms with van der Waals surface area (Å²) in [6.07, 6.45) is 3.01. The molecule has 1 unspecified atom stereocenters. The lowest BCUT2D eigenvalue weighted by Crippen LogP contribution is -2.30. The zero-order chi connectivity index (χ0) is 31.9. The number of aromatic nitrogens is 2. The number of allylic oxidation sites excluding steroid dienone is 1. The Kier molecular flexibility index (Phi) is 9.56. The molecule has 1 N–H and O–H groups in total. The van der Waals surface area contributed by atoms with E-state index in [4.69, 9.17) is 9.47 Å². The highest BCUT2D eigenvalue weighted by atomic mass is 32.2. The first-order valence-electron chi connectivity index (χ1n) is 14.4. The van der Waals surface area contributed by atoms with Crippen LogP contribution in [0.1, 0.15) is 28.3 Å². The fourth-order valence-corrected chi connectivity index (χ4v) is 6.81. The molecule has 0 aliphatic carbocycles. The number of carbonyl (C=O) groups is 2. The van der Waals surface area contributed by atoms with Crippen molar-refractivity contribution in [3.05, 3.63) is 149 Å². The van der Waals surface area contributed by atoms with Crippen LogP contribution in [-0.2, 0) is 21.9 Å². The molecular weight excluding hydrogens is 619 g/mol. The Morgan fingerprint density at radius 1 is 0.913 bits per heavy atom. The number of aliphatic hydroxyl groups is 1.